The topological polar surface area (TPSA) is 35.2 Å². The average molecular weight is 233 g/mol. The first-order chi connectivity index (χ1) is 7.38. The quantitative estimate of drug-likeness (QED) is 0.639. The number of nitrogens with two attached hydrogens (primary N) is 1. The van der Waals surface area contributed by atoms with Crippen LogP contribution in [-0.4, -0.2) is 12.8 Å². The normalized spacial score (nSPS) is 11.5. The molecule has 1 aromatic carbocycles. The first kappa shape index (κ1) is 12.7. The van der Waals surface area contributed by atoms with Gasteiger partial charge in [-0.3, -0.25) is 0 Å². The summed E-state index contributed by atoms with van der Waals surface area (Å²) in [6, 6.07) is 5.05. The van der Waals surface area contributed by atoms with E-state index in [9.17, 15) is 13.2 Å². The molecule has 0 unspecified atom stereocenters. The van der Waals surface area contributed by atoms with E-state index in [1.54, 1.807) is 25.1 Å². The van der Waals surface area contributed by atoms with Crippen LogP contribution in [0.2, 0.25) is 0 Å². The Bertz CT molecular complexity index is 350. The number of hydrogen-bond donors (Lipinski definition) is 1. The highest BCUT2D eigenvalue weighted by Gasteiger charge is 2.26. The summed E-state index contributed by atoms with van der Waals surface area (Å²) in [6.45, 7) is 1.86. The lowest BCUT2D eigenvalue weighted by Gasteiger charge is -2.10. The Balaban J connectivity index is 2.38. The first-order valence-corrected chi connectivity index (χ1v) is 4.94. The number of alkyl halides is 3. The highest BCUT2D eigenvalue weighted by atomic mass is 19.4. The molecule has 90 valence electrons. The van der Waals surface area contributed by atoms with Crippen molar-refractivity contribution in [2.45, 2.75) is 25.9 Å². The van der Waals surface area contributed by atoms with Crippen molar-refractivity contribution in [3.05, 3.63) is 23.8 Å². The van der Waals surface area contributed by atoms with Crippen molar-refractivity contribution in [2.75, 3.05) is 12.3 Å². The van der Waals surface area contributed by atoms with Gasteiger partial charge in [-0.05, 0) is 37.1 Å². The van der Waals surface area contributed by atoms with Gasteiger partial charge in [0.2, 0.25) is 0 Å². The van der Waals surface area contributed by atoms with E-state index in [-0.39, 0.29) is 13.0 Å². The molecule has 0 aliphatic carbocycles. The van der Waals surface area contributed by atoms with E-state index in [4.69, 9.17) is 10.5 Å². The van der Waals surface area contributed by atoms with Crippen molar-refractivity contribution >= 4 is 5.69 Å². The first-order valence-electron chi connectivity index (χ1n) is 4.94. The van der Waals surface area contributed by atoms with Crippen molar-refractivity contribution in [1.82, 2.24) is 0 Å². The summed E-state index contributed by atoms with van der Waals surface area (Å²) >= 11 is 0. The minimum absolute atomic E-state index is 0.0344. The van der Waals surface area contributed by atoms with Gasteiger partial charge in [-0.2, -0.15) is 13.2 Å². The zero-order chi connectivity index (χ0) is 12.2. The van der Waals surface area contributed by atoms with E-state index in [2.05, 4.69) is 0 Å². The van der Waals surface area contributed by atoms with Gasteiger partial charge in [0.1, 0.15) is 5.75 Å². The van der Waals surface area contributed by atoms with Crippen LogP contribution in [0.15, 0.2) is 18.2 Å². The highest BCUT2D eigenvalue weighted by Crippen LogP contribution is 2.23. The van der Waals surface area contributed by atoms with Gasteiger partial charge in [0.15, 0.2) is 0 Å². The van der Waals surface area contributed by atoms with Crippen molar-refractivity contribution in [1.29, 1.82) is 0 Å². The van der Waals surface area contributed by atoms with Gasteiger partial charge in [0.25, 0.3) is 0 Å². The van der Waals surface area contributed by atoms with E-state index in [0.29, 0.717) is 11.4 Å². The molecule has 0 aromatic heterocycles. The van der Waals surface area contributed by atoms with Gasteiger partial charge in [-0.1, -0.05) is 0 Å². The van der Waals surface area contributed by atoms with Crippen LogP contribution < -0.4 is 10.5 Å². The fourth-order valence-corrected chi connectivity index (χ4v) is 1.29. The Hall–Kier alpha value is -1.39. The molecular weight excluding hydrogens is 219 g/mol. The molecule has 0 heterocycles. The number of ether oxygens (including phenoxy) is 1. The number of rotatable bonds is 4. The Labute approximate surface area is 92.2 Å². The summed E-state index contributed by atoms with van der Waals surface area (Å²) in [6.07, 6.45) is -4.96. The van der Waals surface area contributed by atoms with Crippen molar-refractivity contribution in [2.24, 2.45) is 0 Å². The van der Waals surface area contributed by atoms with Crippen molar-refractivity contribution in [3.63, 3.8) is 0 Å². The summed E-state index contributed by atoms with van der Waals surface area (Å²) < 4.78 is 40.8. The number of nitrogen functional groups attached to an aromatic ring is 1. The average Bonchev–Trinajstić information content (AvgIpc) is 2.13. The van der Waals surface area contributed by atoms with Gasteiger partial charge in [0.05, 0.1) is 6.61 Å². The highest BCUT2D eigenvalue weighted by molar-refractivity contribution is 5.47. The van der Waals surface area contributed by atoms with Crippen LogP contribution in [0.4, 0.5) is 18.9 Å². The minimum Gasteiger partial charge on any atom is -0.493 e. The maximum atomic E-state index is 11.8. The van der Waals surface area contributed by atoms with Crippen LogP contribution in [0.3, 0.4) is 0 Å². The molecule has 0 aliphatic heterocycles. The van der Waals surface area contributed by atoms with Crippen LogP contribution in [0.25, 0.3) is 0 Å². The van der Waals surface area contributed by atoms with E-state index in [0.717, 1.165) is 5.56 Å². The second kappa shape index (κ2) is 5.09. The molecule has 0 fully saturated rings. The van der Waals surface area contributed by atoms with E-state index < -0.39 is 12.6 Å². The molecule has 0 atom stereocenters. The molecule has 16 heavy (non-hydrogen) atoms. The third kappa shape index (κ3) is 4.42. The zero-order valence-electron chi connectivity index (χ0n) is 8.97. The summed E-state index contributed by atoms with van der Waals surface area (Å²) in [5, 5.41) is 0. The van der Waals surface area contributed by atoms with Gasteiger partial charge < -0.3 is 10.5 Å². The molecule has 1 aromatic rings. The smallest absolute Gasteiger partial charge is 0.389 e. The molecular formula is C11H14F3NO. The molecule has 0 bridgehead atoms. The minimum atomic E-state index is -4.11. The van der Waals surface area contributed by atoms with E-state index >= 15 is 0 Å². The number of anilines is 1. The molecule has 0 amide bonds. The Kier molecular flexibility index (Phi) is 4.04. The lowest BCUT2D eigenvalue weighted by atomic mass is 10.2. The Morgan fingerprint density at radius 3 is 2.56 bits per heavy atom. The maximum absolute atomic E-state index is 11.8. The molecule has 0 aliphatic rings. The fourth-order valence-electron chi connectivity index (χ4n) is 1.29. The third-order valence-corrected chi connectivity index (χ3v) is 2.06. The van der Waals surface area contributed by atoms with Crippen LogP contribution in [0.5, 0.6) is 5.75 Å². The number of halogens is 3. The van der Waals surface area contributed by atoms with Gasteiger partial charge >= 0.3 is 6.18 Å². The second-order valence-corrected chi connectivity index (χ2v) is 3.59. The lowest BCUT2D eigenvalue weighted by Crippen LogP contribution is -2.10. The third-order valence-electron chi connectivity index (χ3n) is 2.06. The molecule has 0 saturated heterocycles. The number of aryl methyl sites for hydroxylation is 1. The Morgan fingerprint density at radius 1 is 1.31 bits per heavy atom. The summed E-state index contributed by atoms with van der Waals surface area (Å²) in [4.78, 5) is 0. The maximum Gasteiger partial charge on any atom is 0.389 e. The Morgan fingerprint density at radius 2 is 2.00 bits per heavy atom. The van der Waals surface area contributed by atoms with E-state index in [1.807, 2.05) is 0 Å². The SMILES string of the molecule is Cc1cc(N)ccc1OCCCC(F)(F)F. The molecule has 5 heteroatoms. The largest absolute Gasteiger partial charge is 0.493 e. The van der Waals surface area contributed by atoms with Crippen LogP contribution in [0.1, 0.15) is 18.4 Å². The zero-order valence-corrected chi connectivity index (χ0v) is 8.97. The standard InChI is InChI=1S/C11H14F3NO/c1-8-7-9(15)3-4-10(8)16-6-2-5-11(12,13)14/h3-4,7H,2,5-6,15H2,1H3. The molecule has 2 nitrogen and oxygen atoms in total. The van der Waals surface area contributed by atoms with Crippen molar-refractivity contribution < 1.29 is 17.9 Å². The summed E-state index contributed by atoms with van der Waals surface area (Å²) in [5.74, 6) is 0.580. The van der Waals surface area contributed by atoms with Gasteiger partial charge in [-0.15, -0.1) is 0 Å². The predicted octanol–water partition coefficient (Wildman–Crippen LogP) is 3.30. The number of hydrogen-bond acceptors (Lipinski definition) is 2. The lowest BCUT2D eigenvalue weighted by molar-refractivity contribution is -0.136. The molecule has 0 saturated carbocycles. The monoisotopic (exact) mass is 233 g/mol. The summed E-state index contributed by atoms with van der Waals surface area (Å²) in [5.41, 5.74) is 6.97. The van der Waals surface area contributed by atoms with Crippen molar-refractivity contribution in [3.8, 4) is 5.75 Å². The van der Waals surface area contributed by atoms with Crippen LogP contribution in [-0.2, 0) is 0 Å². The van der Waals surface area contributed by atoms with Gasteiger partial charge in [0, 0.05) is 12.1 Å². The fraction of sp³-hybridized carbons (Fsp3) is 0.455. The molecule has 0 radical (unpaired) electrons. The number of benzene rings is 1. The van der Waals surface area contributed by atoms with Crippen LogP contribution >= 0.6 is 0 Å². The van der Waals surface area contributed by atoms with Gasteiger partial charge in [-0.25, -0.2) is 0 Å². The molecule has 1 rings (SSSR count). The molecule has 2 N–H and O–H groups in total. The second-order valence-electron chi connectivity index (χ2n) is 3.59. The molecule has 0 spiro atoms. The van der Waals surface area contributed by atoms with Crippen LogP contribution in [0, 0.1) is 6.92 Å². The predicted molar refractivity (Wildman–Crippen MR) is 56.4 cm³/mol. The van der Waals surface area contributed by atoms with E-state index in [1.165, 1.54) is 0 Å². The summed E-state index contributed by atoms with van der Waals surface area (Å²) in [7, 11) is 0.